The quantitative estimate of drug-likeness (QED) is 0.262. The highest BCUT2D eigenvalue weighted by Crippen LogP contribution is 2.81. The van der Waals surface area contributed by atoms with E-state index >= 15 is 0 Å². The minimum atomic E-state index is 0.326. The first kappa shape index (κ1) is 27.2. The van der Waals surface area contributed by atoms with Crippen LogP contribution in [0.4, 0.5) is 0 Å². The zero-order valence-corrected chi connectivity index (χ0v) is 26.3. The molecule has 8 fully saturated rings. The Bertz CT molecular complexity index is 1510. The van der Waals surface area contributed by atoms with Gasteiger partial charge in [0, 0.05) is 0 Å². The van der Waals surface area contributed by atoms with Gasteiger partial charge in [0.2, 0.25) is 0 Å². The largest absolute Gasteiger partial charge is 0.0777 e. The normalized spacial score (nSPS) is 41.9. The number of benzene rings is 3. The van der Waals surface area contributed by atoms with Crippen LogP contribution < -0.4 is 0 Å². The molecule has 8 aliphatic rings. The molecule has 0 spiro atoms. The van der Waals surface area contributed by atoms with Crippen molar-refractivity contribution in [2.24, 2.45) is 44.8 Å². The van der Waals surface area contributed by atoms with E-state index in [1.54, 1.807) is 0 Å². The van der Waals surface area contributed by atoms with Gasteiger partial charge in [-0.3, -0.25) is 0 Å². The number of hydrogen-bond acceptors (Lipinski definition) is 0. The van der Waals surface area contributed by atoms with Crippen molar-refractivity contribution in [1.29, 1.82) is 0 Å². The van der Waals surface area contributed by atoms with Crippen LogP contribution in [0.2, 0.25) is 0 Å². The Balaban J connectivity index is 1.12. The molecule has 0 amide bonds. The Hall–Kier alpha value is -3.12. The fourth-order valence-electron chi connectivity index (χ4n) is 13.2. The van der Waals surface area contributed by atoms with E-state index in [2.05, 4.69) is 127 Å². The first-order valence-electron chi connectivity index (χ1n) is 17.7. The fraction of sp³-hybridized carbons (Fsp3) is 0.455. The lowest BCUT2D eigenvalue weighted by Crippen LogP contribution is -2.65. The number of allylic oxidation sites excluding steroid dienone is 3. The van der Waals surface area contributed by atoms with Gasteiger partial charge in [-0.2, -0.15) is 0 Å². The van der Waals surface area contributed by atoms with E-state index in [1.165, 1.54) is 93.7 Å². The highest BCUT2D eigenvalue weighted by molar-refractivity contribution is 5.53. The molecule has 0 N–H and O–H groups in total. The molecule has 4 atom stereocenters. The van der Waals surface area contributed by atoms with Gasteiger partial charge < -0.3 is 0 Å². The van der Waals surface area contributed by atoms with Crippen LogP contribution in [0, 0.1) is 44.8 Å². The second kappa shape index (κ2) is 9.94. The molecule has 0 saturated heterocycles. The lowest BCUT2D eigenvalue weighted by atomic mass is 9.29. The molecule has 3 aromatic carbocycles. The molecule has 0 aliphatic heterocycles. The van der Waals surface area contributed by atoms with Crippen molar-refractivity contribution < 1.29 is 0 Å². The SMILES string of the molecule is C(=C\C12CC3CC(C1)CC(C14CC5CC(/C=C/c6ccccc6)(CC(/C=C/c6ccccc6)(C5)C1)C4)(C3)C2)/c1ccccc1. The summed E-state index contributed by atoms with van der Waals surface area (Å²) in [4.78, 5) is 0. The van der Waals surface area contributed by atoms with Crippen LogP contribution in [-0.4, -0.2) is 0 Å². The molecule has 44 heavy (non-hydrogen) atoms. The summed E-state index contributed by atoms with van der Waals surface area (Å²) in [6.07, 6.45) is 33.0. The van der Waals surface area contributed by atoms with Crippen molar-refractivity contribution in [3.63, 3.8) is 0 Å². The molecule has 0 heteroatoms. The number of rotatable bonds is 7. The van der Waals surface area contributed by atoms with Crippen molar-refractivity contribution >= 4 is 18.2 Å². The van der Waals surface area contributed by atoms with Gasteiger partial charge in [-0.25, -0.2) is 0 Å². The molecule has 0 nitrogen and oxygen atoms in total. The summed E-state index contributed by atoms with van der Waals surface area (Å²) in [7, 11) is 0. The summed E-state index contributed by atoms with van der Waals surface area (Å²) >= 11 is 0. The highest BCUT2D eigenvalue weighted by Gasteiger charge is 2.71. The van der Waals surface area contributed by atoms with Crippen molar-refractivity contribution in [3.05, 3.63) is 126 Å². The number of hydrogen-bond donors (Lipinski definition) is 0. The lowest BCUT2D eigenvalue weighted by Gasteiger charge is -2.75. The van der Waals surface area contributed by atoms with Gasteiger partial charge in [-0.05, 0) is 139 Å². The molecule has 0 radical (unpaired) electrons. The molecule has 8 aliphatic carbocycles. The molecule has 0 aromatic heterocycles. The minimum absolute atomic E-state index is 0.326. The zero-order chi connectivity index (χ0) is 29.3. The Morgan fingerprint density at radius 3 is 1.25 bits per heavy atom. The first-order valence-corrected chi connectivity index (χ1v) is 17.7. The van der Waals surface area contributed by atoms with Crippen LogP contribution in [0.25, 0.3) is 18.2 Å². The summed E-state index contributed by atoms with van der Waals surface area (Å²) in [5, 5.41) is 0. The summed E-state index contributed by atoms with van der Waals surface area (Å²) in [6, 6.07) is 33.4. The molecular weight excluding hydrogens is 528 g/mol. The average molecular weight is 577 g/mol. The van der Waals surface area contributed by atoms with Gasteiger partial charge >= 0.3 is 0 Å². The van der Waals surface area contributed by atoms with Crippen molar-refractivity contribution in [2.45, 2.75) is 77.0 Å². The molecule has 224 valence electrons. The topological polar surface area (TPSA) is 0 Å². The molecule has 8 bridgehead atoms. The van der Waals surface area contributed by atoms with Crippen LogP contribution in [0.5, 0.6) is 0 Å². The van der Waals surface area contributed by atoms with E-state index in [1.807, 2.05) is 0 Å². The summed E-state index contributed by atoms with van der Waals surface area (Å²) < 4.78 is 0. The van der Waals surface area contributed by atoms with Crippen molar-refractivity contribution in [1.82, 2.24) is 0 Å². The maximum absolute atomic E-state index is 2.73. The maximum atomic E-state index is 2.73. The average Bonchev–Trinajstić information content (AvgIpc) is 3.02. The predicted molar refractivity (Wildman–Crippen MR) is 184 cm³/mol. The Labute approximate surface area is 265 Å². The molecule has 0 heterocycles. The van der Waals surface area contributed by atoms with E-state index in [-0.39, 0.29) is 0 Å². The van der Waals surface area contributed by atoms with Crippen molar-refractivity contribution in [3.8, 4) is 0 Å². The maximum Gasteiger partial charge on any atom is -0.00985 e. The molecule has 8 saturated carbocycles. The van der Waals surface area contributed by atoms with Crippen LogP contribution in [0.3, 0.4) is 0 Å². The van der Waals surface area contributed by atoms with E-state index in [4.69, 9.17) is 0 Å². The van der Waals surface area contributed by atoms with Gasteiger partial charge in [0.15, 0.2) is 0 Å². The van der Waals surface area contributed by atoms with Crippen LogP contribution in [-0.2, 0) is 0 Å². The van der Waals surface area contributed by atoms with Gasteiger partial charge in [0.1, 0.15) is 0 Å². The van der Waals surface area contributed by atoms with Crippen LogP contribution in [0.1, 0.15) is 93.7 Å². The second-order valence-corrected chi connectivity index (χ2v) is 16.8. The van der Waals surface area contributed by atoms with Gasteiger partial charge in [0.05, 0.1) is 0 Å². The fourth-order valence-corrected chi connectivity index (χ4v) is 13.2. The van der Waals surface area contributed by atoms with E-state index in [0.29, 0.717) is 27.1 Å². The smallest absolute Gasteiger partial charge is 0.00985 e. The van der Waals surface area contributed by atoms with Crippen LogP contribution >= 0.6 is 0 Å². The van der Waals surface area contributed by atoms with Gasteiger partial charge in [-0.1, -0.05) is 127 Å². The Morgan fingerprint density at radius 2 is 0.773 bits per heavy atom. The van der Waals surface area contributed by atoms with Gasteiger partial charge in [-0.15, -0.1) is 0 Å². The Kier molecular flexibility index (Phi) is 6.15. The molecular formula is C44H48. The lowest BCUT2D eigenvalue weighted by molar-refractivity contribution is -0.235. The molecule has 11 rings (SSSR count). The molecule has 4 unspecified atom stereocenters. The van der Waals surface area contributed by atoms with Gasteiger partial charge in [0.25, 0.3) is 0 Å². The van der Waals surface area contributed by atoms with E-state index < -0.39 is 0 Å². The van der Waals surface area contributed by atoms with E-state index in [0.717, 1.165) is 17.8 Å². The third kappa shape index (κ3) is 4.54. The zero-order valence-electron chi connectivity index (χ0n) is 26.3. The van der Waals surface area contributed by atoms with Crippen LogP contribution in [0.15, 0.2) is 109 Å². The summed E-state index contributed by atoms with van der Waals surface area (Å²) in [6.45, 7) is 0. The minimum Gasteiger partial charge on any atom is -0.0777 e. The predicted octanol–water partition coefficient (Wildman–Crippen LogP) is 11.7. The van der Waals surface area contributed by atoms with Crippen molar-refractivity contribution in [2.75, 3.05) is 0 Å². The third-order valence-electron chi connectivity index (χ3n) is 13.7. The first-order chi connectivity index (χ1) is 21.5. The standard InChI is InChI=1S/C44H48/c1-4-10-34(11-5-1)16-19-40-23-37-22-38(24-40)28-43(27-37,31-40)44-29-39-25-41(32-44,20-17-35-12-6-2-7-13-35)30-42(26-39,33-44)21-18-36-14-8-3-9-15-36/h1-21,37-39H,22-33H2/b19-16+,20-17+,21-18+. The Morgan fingerprint density at radius 1 is 0.386 bits per heavy atom. The van der Waals surface area contributed by atoms with E-state index in [9.17, 15) is 0 Å². The summed E-state index contributed by atoms with van der Waals surface area (Å²) in [5.74, 6) is 2.71. The third-order valence-corrected chi connectivity index (χ3v) is 13.7. The second-order valence-electron chi connectivity index (χ2n) is 16.8. The molecule has 3 aromatic rings. The highest BCUT2D eigenvalue weighted by atomic mass is 14.8. The summed E-state index contributed by atoms with van der Waals surface area (Å²) in [5.41, 5.74) is 6.15. The monoisotopic (exact) mass is 576 g/mol.